The first kappa shape index (κ1) is 17.9. The van der Waals surface area contributed by atoms with Crippen molar-refractivity contribution in [2.24, 2.45) is 5.73 Å². The third kappa shape index (κ3) is 6.11. The molecule has 0 unspecified atom stereocenters. The number of unbranched alkanes of at least 4 members (excludes halogenated alkanes) is 1. The molecule has 1 atom stereocenters. The molecule has 0 saturated carbocycles. The van der Waals surface area contributed by atoms with Gasteiger partial charge in [0.2, 0.25) is 0 Å². The Labute approximate surface area is 129 Å². The molecule has 1 rings (SSSR count). The van der Waals surface area contributed by atoms with Crippen molar-refractivity contribution in [1.82, 2.24) is 4.90 Å². The fraction of sp³-hybridized carbons (Fsp3) is 0.467. The minimum Gasteiger partial charge on any atom is -0.508 e. The predicted octanol–water partition coefficient (Wildman–Crippen LogP) is 0.861. The molecule has 0 spiro atoms. The number of benzene rings is 1. The van der Waals surface area contributed by atoms with Crippen LogP contribution in [0.15, 0.2) is 24.3 Å². The number of hydrogen-bond acceptors (Lipinski definition) is 5. The van der Waals surface area contributed by atoms with Crippen molar-refractivity contribution in [2.45, 2.75) is 31.8 Å². The number of phenols is 1. The van der Waals surface area contributed by atoms with Crippen LogP contribution in [0.1, 0.15) is 24.8 Å². The first-order valence-electron chi connectivity index (χ1n) is 7.10. The van der Waals surface area contributed by atoms with Crippen molar-refractivity contribution in [1.29, 1.82) is 0 Å². The van der Waals surface area contributed by atoms with Crippen molar-refractivity contribution in [3.63, 3.8) is 0 Å². The number of carbonyl (C=O) groups is 2. The largest absolute Gasteiger partial charge is 0.508 e. The SMILES string of the molecule is NCCCC[C@@H](C(=O)O)N(CC(=O)O)Cc1ccc(O)cc1. The second-order valence-corrected chi connectivity index (χ2v) is 5.10. The van der Waals surface area contributed by atoms with E-state index in [4.69, 9.17) is 10.8 Å². The van der Waals surface area contributed by atoms with E-state index in [1.54, 1.807) is 12.1 Å². The van der Waals surface area contributed by atoms with E-state index in [0.717, 1.165) is 5.56 Å². The maximum absolute atomic E-state index is 11.5. The lowest BCUT2D eigenvalue weighted by Crippen LogP contribution is -2.43. The van der Waals surface area contributed by atoms with Gasteiger partial charge in [-0.3, -0.25) is 14.5 Å². The van der Waals surface area contributed by atoms with Gasteiger partial charge in [-0.25, -0.2) is 0 Å². The summed E-state index contributed by atoms with van der Waals surface area (Å²) in [6, 6.07) is 5.37. The van der Waals surface area contributed by atoms with Crippen LogP contribution in [0.2, 0.25) is 0 Å². The van der Waals surface area contributed by atoms with Crippen molar-refractivity contribution < 1.29 is 24.9 Å². The molecule has 0 aliphatic carbocycles. The summed E-state index contributed by atoms with van der Waals surface area (Å²) in [7, 11) is 0. The third-order valence-corrected chi connectivity index (χ3v) is 3.32. The Balaban J connectivity index is 2.84. The Morgan fingerprint density at radius 2 is 1.77 bits per heavy atom. The van der Waals surface area contributed by atoms with E-state index in [1.165, 1.54) is 17.0 Å². The molecular formula is C15H22N2O5. The van der Waals surface area contributed by atoms with Crippen molar-refractivity contribution in [3.8, 4) is 5.75 Å². The summed E-state index contributed by atoms with van der Waals surface area (Å²) < 4.78 is 0. The molecule has 22 heavy (non-hydrogen) atoms. The van der Waals surface area contributed by atoms with E-state index in [9.17, 15) is 19.8 Å². The lowest BCUT2D eigenvalue weighted by Gasteiger charge is -2.27. The molecule has 5 N–H and O–H groups in total. The first-order valence-corrected chi connectivity index (χ1v) is 7.10. The van der Waals surface area contributed by atoms with Gasteiger partial charge in [-0.05, 0) is 37.1 Å². The molecule has 0 fully saturated rings. The minimum absolute atomic E-state index is 0.103. The second-order valence-electron chi connectivity index (χ2n) is 5.10. The molecular weight excluding hydrogens is 288 g/mol. The van der Waals surface area contributed by atoms with Crippen LogP contribution in [0.4, 0.5) is 0 Å². The van der Waals surface area contributed by atoms with Gasteiger partial charge in [0.1, 0.15) is 11.8 Å². The predicted molar refractivity (Wildman–Crippen MR) is 80.5 cm³/mol. The van der Waals surface area contributed by atoms with Crippen LogP contribution in [0, 0.1) is 0 Å². The molecule has 0 aromatic heterocycles. The van der Waals surface area contributed by atoms with E-state index < -0.39 is 18.0 Å². The summed E-state index contributed by atoms with van der Waals surface area (Å²) in [5.41, 5.74) is 6.15. The molecule has 0 aliphatic rings. The molecule has 7 heteroatoms. The smallest absolute Gasteiger partial charge is 0.320 e. The molecule has 0 aliphatic heterocycles. The quantitative estimate of drug-likeness (QED) is 0.472. The molecule has 0 bridgehead atoms. The van der Waals surface area contributed by atoms with Crippen LogP contribution in [0.25, 0.3) is 0 Å². The first-order chi connectivity index (χ1) is 10.4. The highest BCUT2D eigenvalue weighted by atomic mass is 16.4. The Kier molecular flexibility index (Phi) is 7.34. The monoisotopic (exact) mass is 310 g/mol. The van der Waals surface area contributed by atoms with Gasteiger partial charge in [-0.1, -0.05) is 18.6 Å². The summed E-state index contributed by atoms with van der Waals surface area (Å²) in [6.07, 6.45) is 1.67. The standard InChI is InChI=1S/C15H22N2O5/c16-8-2-1-3-13(15(21)22)17(10-14(19)20)9-11-4-6-12(18)7-5-11/h4-7,13,18H,1-3,8-10,16H2,(H,19,20)(H,21,22)/t13-/m0/s1. The Hall–Kier alpha value is -2.12. The number of aliphatic carboxylic acids is 2. The molecule has 0 saturated heterocycles. The number of phenolic OH excluding ortho intramolecular Hbond substituents is 1. The lowest BCUT2D eigenvalue weighted by atomic mass is 10.1. The number of aromatic hydroxyl groups is 1. The number of nitrogens with two attached hydrogens (primary N) is 1. The van der Waals surface area contributed by atoms with Gasteiger partial charge in [-0.15, -0.1) is 0 Å². The summed E-state index contributed by atoms with van der Waals surface area (Å²) >= 11 is 0. The van der Waals surface area contributed by atoms with Gasteiger partial charge in [0.15, 0.2) is 0 Å². The van der Waals surface area contributed by atoms with Crippen molar-refractivity contribution in [3.05, 3.63) is 29.8 Å². The zero-order valence-electron chi connectivity index (χ0n) is 12.3. The highest BCUT2D eigenvalue weighted by Gasteiger charge is 2.26. The summed E-state index contributed by atoms with van der Waals surface area (Å²) in [5, 5.41) is 27.6. The number of rotatable bonds is 10. The average molecular weight is 310 g/mol. The van der Waals surface area contributed by atoms with Crippen LogP contribution < -0.4 is 5.73 Å². The topological polar surface area (TPSA) is 124 Å². The average Bonchev–Trinajstić information content (AvgIpc) is 2.44. The summed E-state index contributed by atoms with van der Waals surface area (Å²) in [4.78, 5) is 23.9. The third-order valence-electron chi connectivity index (χ3n) is 3.32. The highest BCUT2D eigenvalue weighted by Crippen LogP contribution is 2.16. The number of nitrogens with zero attached hydrogens (tertiary/aromatic N) is 1. The van der Waals surface area contributed by atoms with Crippen LogP contribution in [0.5, 0.6) is 5.75 Å². The summed E-state index contributed by atoms with van der Waals surface area (Å²) in [6.45, 7) is 0.301. The fourth-order valence-electron chi connectivity index (χ4n) is 2.23. The Morgan fingerprint density at radius 1 is 1.14 bits per heavy atom. The van der Waals surface area contributed by atoms with Gasteiger partial charge >= 0.3 is 11.9 Å². The molecule has 1 aromatic carbocycles. The fourth-order valence-corrected chi connectivity index (χ4v) is 2.23. The maximum atomic E-state index is 11.5. The van der Waals surface area contributed by atoms with E-state index in [0.29, 0.717) is 25.8 Å². The maximum Gasteiger partial charge on any atom is 0.320 e. The van der Waals surface area contributed by atoms with E-state index in [1.807, 2.05) is 0 Å². The van der Waals surface area contributed by atoms with Gasteiger partial charge in [0.05, 0.1) is 6.54 Å². The van der Waals surface area contributed by atoms with Gasteiger partial charge in [0.25, 0.3) is 0 Å². The van der Waals surface area contributed by atoms with E-state index in [-0.39, 0.29) is 18.8 Å². The zero-order valence-corrected chi connectivity index (χ0v) is 12.3. The van der Waals surface area contributed by atoms with Crippen LogP contribution in [-0.4, -0.2) is 51.3 Å². The molecule has 0 amide bonds. The molecule has 1 aromatic rings. The normalized spacial score (nSPS) is 12.3. The van der Waals surface area contributed by atoms with Crippen molar-refractivity contribution in [2.75, 3.05) is 13.1 Å². The summed E-state index contributed by atoms with van der Waals surface area (Å²) in [5.74, 6) is -2.02. The van der Waals surface area contributed by atoms with Gasteiger partial charge in [0, 0.05) is 6.54 Å². The van der Waals surface area contributed by atoms with E-state index in [2.05, 4.69) is 0 Å². The Morgan fingerprint density at radius 3 is 2.27 bits per heavy atom. The van der Waals surface area contributed by atoms with Gasteiger partial charge in [-0.2, -0.15) is 0 Å². The van der Waals surface area contributed by atoms with Crippen LogP contribution in [-0.2, 0) is 16.1 Å². The number of carboxylic acids is 2. The van der Waals surface area contributed by atoms with E-state index >= 15 is 0 Å². The Bertz CT molecular complexity index is 489. The zero-order chi connectivity index (χ0) is 16.5. The second kappa shape index (κ2) is 9.01. The minimum atomic E-state index is -1.08. The number of carboxylic acid groups (broad SMARTS) is 2. The van der Waals surface area contributed by atoms with Crippen molar-refractivity contribution >= 4 is 11.9 Å². The molecule has 0 heterocycles. The highest BCUT2D eigenvalue weighted by molar-refractivity contribution is 5.75. The molecule has 122 valence electrons. The van der Waals surface area contributed by atoms with Crippen LogP contribution in [0.3, 0.4) is 0 Å². The molecule has 0 radical (unpaired) electrons. The lowest BCUT2D eigenvalue weighted by molar-refractivity contribution is -0.147. The number of hydrogen-bond donors (Lipinski definition) is 4. The molecule has 7 nitrogen and oxygen atoms in total. The van der Waals surface area contributed by atoms with Gasteiger partial charge < -0.3 is 21.1 Å². The van der Waals surface area contributed by atoms with Crippen LogP contribution >= 0.6 is 0 Å².